The Labute approximate surface area is 82.6 Å². The molecule has 3 heteroatoms. The van der Waals surface area contributed by atoms with Crippen molar-refractivity contribution in [1.29, 1.82) is 5.26 Å². The zero-order valence-corrected chi connectivity index (χ0v) is 7.77. The van der Waals surface area contributed by atoms with Gasteiger partial charge in [-0.25, -0.2) is 0 Å². The van der Waals surface area contributed by atoms with Crippen LogP contribution in [0, 0.1) is 11.3 Å². The maximum absolute atomic E-state index is 8.39. The van der Waals surface area contributed by atoms with Crippen LogP contribution in [0.3, 0.4) is 0 Å². The Morgan fingerprint density at radius 3 is 3.00 bits per heavy atom. The fraction of sp³-hybridized carbons (Fsp3) is 0.182. The fourth-order valence-electron chi connectivity index (χ4n) is 1.51. The van der Waals surface area contributed by atoms with Gasteiger partial charge in [0.05, 0.1) is 19.3 Å². The van der Waals surface area contributed by atoms with Crippen LogP contribution in [0.15, 0.2) is 36.5 Å². The first-order valence-electron chi connectivity index (χ1n) is 4.53. The van der Waals surface area contributed by atoms with E-state index in [9.17, 15) is 0 Å². The number of fused-ring (bicyclic) bond motifs is 1. The van der Waals surface area contributed by atoms with Crippen LogP contribution in [0.25, 0.3) is 10.9 Å². The quantitative estimate of drug-likeness (QED) is 0.584. The monoisotopic (exact) mass is 185 g/mol. The topological polar surface area (TPSA) is 40.8 Å². The molecule has 2 rings (SSSR count). The largest absolute Gasteiger partial charge is 0.334 e. The molecule has 0 aliphatic rings. The molecule has 0 bridgehead atoms. The van der Waals surface area contributed by atoms with Gasteiger partial charge in [-0.1, -0.05) is 18.2 Å². The van der Waals surface area contributed by atoms with Crippen LogP contribution in [-0.2, 0) is 6.67 Å². The van der Waals surface area contributed by atoms with E-state index < -0.39 is 0 Å². The third-order valence-corrected chi connectivity index (χ3v) is 2.17. The minimum absolute atomic E-state index is 0.381. The van der Waals surface area contributed by atoms with E-state index >= 15 is 0 Å². The first-order chi connectivity index (χ1) is 6.92. The van der Waals surface area contributed by atoms with E-state index in [1.807, 2.05) is 18.3 Å². The second-order valence-corrected chi connectivity index (χ2v) is 3.09. The summed E-state index contributed by atoms with van der Waals surface area (Å²) >= 11 is 0. The van der Waals surface area contributed by atoms with Gasteiger partial charge in [0, 0.05) is 11.7 Å². The lowest BCUT2D eigenvalue weighted by Gasteiger charge is -2.03. The van der Waals surface area contributed by atoms with E-state index in [1.165, 1.54) is 10.9 Å². The maximum Gasteiger partial charge on any atom is 0.0854 e. The summed E-state index contributed by atoms with van der Waals surface area (Å²) in [6.45, 7) is 1.06. The van der Waals surface area contributed by atoms with E-state index in [2.05, 4.69) is 34.2 Å². The van der Waals surface area contributed by atoms with Gasteiger partial charge in [-0.05, 0) is 17.5 Å². The summed E-state index contributed by atoms with van der Waals surface area (Å²) in [5.41, 5.74) is 1.19. The Balaban J connectivity index is 2.22. The van der Waals surface area contributed by atoms with Gasteiger partial charge < -0.3 is 4.57 Å². The molecule has 0 saturated carbocycles. The first-order valence-corrected chi connectivity index (χ1v) is 4.53. The SMILES string of the molecule is N#CCNCn1ccc2ccccc21. The number of rotatable bonds is 3. The Morgan fingerprint density at radius 2 is 2.14 bits per heavy atom. The zero-order chi connectivity index (χ0) is 9.80. The summed E-state index contributed by atoms with van der Waals surface area (Å²) < 4.78 is 2.09. The summed E-state index contributed by atoms with van der Waals surface area (Å²) in [4.78, 5) is 0. The van der Waals surface area contributed by atoms with E-state index in [-0.39, 0.29) is 0 Å². The number of nitriles is 1. The van der Waals surface area contributed by atoms with Gasteiger partial charge >= 0.3 is 0 Å². The lowest BCUT2D eigenvalue weighted by atomic mass is 10.2. The van der Waals surface area contributed by atoms with Crippen LogP contribution in [-0.4, -0.2) is 11.1 Å². The highest BCUT2D eigenvalue weighted by Gasteiger charge is 1.97. The molecular weight excluding hydrogens is 174 g/mol. The molecule has 70 valence electrons. The Morgan fingerprint density at radius 1 is 1.29 bits per heavy atom. The van der Waals surface area contributed by atoms with Crippen molar-refractivity contribution >= 4 is 10.9 Å². The average Bonchev–Trinajstić information content (AvgIpc) is 2.63. The van der Waals surface area contributed by atoms with Gasteiger partial charge in [0.25, 0.3) is 0 Å². The molecule has 0 spiro atoms. The van der Waals surface area contributed by atoms with Crippen LogP contribution in [0.1, 0.15) is 0 Å². The molecule has 0 unspecified atom stereocenters. The number of nitrogens with zero attached hydrogens (tertiary/aromatic N) is 2. The molecule has 0 radical (unpaired) electrons. The van der Waals surface area contributed by atoms with Crippen molar-refractivity contribution in [3.63, 3.8) is 0 Å². The second-order valence-electron chi connectivity index (χ2n) is 3.09. The normalized spacial score (nSPS) is 10.2. The maximum atomic E-state index is 8.39. The van der Waals surface area contributed by atoms with Crippen molar-refractivity contribution in [3.8, 4) is 6.07 Å². The predicted molar refractivity (Wildman–Crippen MR) is 55.6 cm³/mol. The zero-order valence-electron chi connectivity index (χ0n) is 7.77. The number of hydrogen-bond acceptors (Lipinski definition) is 2. The van der Waals surface area contributed by atoms with E-state index in [4.69, 9.17) is 5.26 Å². The lowest BCUT2D eigenvalue weighted by molar-refractivity contribution is 0.611. The van der Waals surface area contributed by atoms with Crippen LogP contribution >= 0.6 is 0 Å². The molecule has 0 fully saturated rings. The van der Waals surface area contributed by atoms with Gasteiger partial charge in [0.15, 0.2) is 0 Å². The van der Waals surface area contributed by atoms with Gasteiger partial charge in [0.2, 0.25) is 0 Å². The molecule has 0 amide bonds. The molecule has 0 saturated heterocycles. The Bertz CT molecular complexity index is 465. The Kier molecular flexibility index (Phi) is 2.48. The minimum Gasteiger partial charge on any atom is -0.334 e. The van der Waals surface area contributed by atoms with Crippen molar-refractivity contribution in [3.05, 3.63) is 36.5 Å². The number of benzene rings is 1. The first kappa shape index (κ1) is 8.79. The third kappa shape index (κ3) is 1.61. The highest BCUT2D eigenvalue weighted by molar-refractivity contribution is 5.79. The van der Waals surface area contributed by atoms with Crippen LogP contribution in [0.2, 0.25) is 0 Å². The van der Waals surface area contributed by atoms with E-state index in [0.29, 0.717) is 13.2 Å². The molecule has 1 aromatic carbocycles. The van der Waals surface area contributed by atoms with E-state index in [1.54, 1.807) is 0 Å². The number of nitrogens with one attached hydrogen (secondary N) is 1. The summed E-state index contributed by atoms with van der Waals surface area (Å²) in [5.74, 6) is 0. The Hall–Kier alpha value is -1.79. The lowest BCUT2D eigenvalue weighted by Crippen LogP contribution is -2.17. The van der Waals surface area contributed by atoms with Gasteiger partial charge in [-0.2, -0.15) is 5.26 Å². The summed E-state index contributed by atoms with van der Waals surface area (Å²) in [7, 11) is 0. The molecule has 1 aromatic heterocycles. The molecule has 14 heavy (non-hydrogen) atoms. The van der Waals surface area contributed by atoms with Crippen molar-refractivity contribution in [1.82, 2.24) is 9.88 Å². The summed E-state index contributed by atoms with van der Waals surface area (Å²) in [6, 6.07) is 12.3. The molecule has 1 heterocycles. The molecule has 0 aliphatic carbocycles. The van der Waals surface area contributed by atoms with Crippen molar-refractivity contribution in [2.75, 3.05) is 6.54 Å². The highest BCUT2D eigenvalue weighted by Crippen LogP contribution is 2.13. The number of para-hydroxylation sites is 1. The standard InChI is InChI=1S/C11H11N3/c12-6-7-13-9-14-8-5-10-3-1-2-4-11(10)14/h1-5,8,13H,7,9H2. The van der Waals surface area contributed by atoms with E-state index in [0.717, 1.165) is 0 Å². The third-order valence-electron chi connectivity index (χ3n) is 2.17. The molecule has 3 nitrogen and oxygen atoms in total. The van der Waals surface area contributed by atoms with Gasteiger partial charge in [-0.15, -0.1) is 0 Å². The van der Waals surface area contributed by atoms with Crippen LogP contribution < -0.4 is 5.32 Å². The molecule has 0 aliphatic heterocycles. The van der Waals surface area contributed by atoms with Gasteiger partial charge in [0.1, 0.15) is 0 Å². The molecule has 2 aromatic rings. The van der Waals surface area contributed by atoms with Crippen LogP contribution in [0.5, 0.6) is 0 Å². The average molecular weight is 185 g/mol. The molecule has 1 N–H and O–H groups in total. The van der Waals surface area contributed by atoms with Crippen molar-refractivity contribution in [2.45, 2.75) is 6.67 Å². The second kappa shape index (κ2) is 3.95. The highest BCUT2D eigenvalue weighted by atomic mass is 15.1. The summed E-state index contributed by atoms with van der Waals surface area (Å²) in [6.07, 6.45) is 2.02. The number of aromatic nitrogens is 1. The van der Waals surface area contributed by atoms with Crippen LogP contribution in [0.4, 0.5) is 0 Å². The van der Waals surface area contributed by atoms with Gasteiger partial charge in [-0.3, -0.25) is 5.32 Å². The number of hydrogen-bond donors (Lipinski definition) is 1. The smallest absolute Gasteiger partial charge is 0.0854 e. The fourth-order valence-corrected chi connectivity index (χ4v) is 1.51. The van der Waals surface area contributed by atoms with Crippen molar-refractivity contribution in [2.24, 2.45) is 0 Å². The van der Waals surface area contributed by atoms with Crippen molar-refractivity contribution < 1.29 is 0 Å². The minimum atomic E-state index is 0.381. The predicted octanol–water partition coefficient (Wildman–Crippen LogP) is 1.71. The summed E-state index contributed by atoms with van der Waals surface area (Å²) in [5, 5.41) is 12.6. The molecular formula is C11H11N3. The molecule has 0 atom stereocenters.